The molecule has 0 saturated heterocycles. The fraction of sp³-hybridized carbons (Fsp3) is 0.556. The molecule has 0 fully saturated rings. The molecule has 0 aliphatic carbocycles. The van der Waals surface area contributed by atoms with E-state index in [1.54, 1.807) is 0 Å². The summed E-state index contributed by atoms with van der Waals surface area (Å²) in [5, 5.41) is 4.73. The minimum atomic E-state index is 0.523. The number of benzene rings is 1. The predicted octanol–water partition coefficient (Wildman–Crippen LogP) is 4.02. The zero-order valence-electron chi connectivity index (χ0n) is 13.9. The second-order valence-electron chi connectivity index (χ2n) is 6.53. The van der Waals surface area contributed by atoms with Crippen molar-refractivity contribution in [3.8, 4) is 0 Å². The quantitative estimate of drug-likeness (QED) is 0.834. The number of furan rings is 1. The number of nitrogens with one attached hydrogen (secondary N) is 1. The van der Waals surface area contributed by atoms with E-state index in [0.29, 0.717) is 12.0 Å². The molecule has 0 aliphatic rings. The van der Waals surface area contributed by atoms with Crippen LogP contribution in [0.4, 0.5) is 0 Å². The van der Waals surface area contributed by atoms with Crippen molar-refractivity contribution in [3.63, 3.8) is 0 Å². The van der Waals surface area contributed by atoms with Crippen molar-refractivity contribution in [2.75, 3.05) is 13.6 Å². The highest BCUT2D eigenvalue weighted by Gasteiger charge is 2.16. The first-order valence-electron chi connectivity index (χ1n) is 7.89. The largest absolute Gasteiger partial charge is 0.459 e. The molecule has 0 aliphatic heterocycles. The van der Waals surface area contributed by atoms with E-state index in [9.17, 15) is 0 Å². The van der Waals surface area contributed by atoms with E-state index in [2.05, 4.69) is 63.2 Å². The van der Waals surface area contributed by atoms with Crippen molar-refractivity contribution in [2.24, 2.45) is 5.92 Å². The third-order valence-electron chi connectivity index (χ3n) is 3.91. The van der Waals surface area contributed by atoms with Gasteiger partial charge in [-0.3, -0.25) is 4.90 Å². The monoisotopic (exact) mass is 288 g/mol. The number of fused-ring (bicyclic) bond motifs is 1. The average molecular weight is 288 g/mol. The molecule has 1 N–H and O–H groups in total. The highest BCUT2D eigenvalue weighted by molar-refractivity contribution is 5.82. The molecule has 0 saturated carbocycles. The second-order valence-corrected chi connectivity index (χ2v) is 6.53. The average Bonchev–Trinajstić information content (AvgIpc) is 2.76. The lowest BCUT2D eigenvalue weighted by Crippen LogP contribution is -2.26. The molecule has 1 aromatic heterocycles. The molecule has 116 valence electrons. The van der Waals surface area contributed by atoms with Crippen LogP contribution in [-0.4, -0.2) is 24.5 Å². The number of para-hydroxylation sites is 1. The van der Waals surface area contributed by atoms with E-state index in [1.165, 1.54) is 10.9 Å². The van der Waals surface area contributed by atoms with Crippen molar-refractivity contribution in [1.29, 1.82) is 0 Å². The van der Waals surface area contributed by atoms with Crippen LogP contribution in [0.25, 0.3) is 11.0 Å². The molecule has 1 heterocycles. The maximum Gasteiger partial charge on any atom is 0.134 e. The maximum atomic E-state index is 6.07. The molecular weight excluding hydrogens is 260 g/mol. The standard InChI is InChI=1S/C18H28N2O/c1-13(2)10-19-11-18-16(12-20(5)14(3)4)15-8-6-7-9-17(15)21-18/h6-9,13-14,19H,10-12H2,1-5H3. The van der Waals surface area contributed by atoms with Crippen molar-refractivity contribution in [3.05, 3.63) is 35.6 Å². The number of rotatable bonds is 7. The molecule has 3 heteroatoms. The van der Waals surface area contributed by atoms with Crippen LogP contribution in [0.1, 0.15) is 39.0 Å². The van der Waals surface area contributed by atoms with Gasteiger partial charge in [0.2, 0.25) is 0 Å². The van der Waals surface area contributed by atoms with Crippen molar-refractivity contribution in [2.45, 2.75) is 46.8 Å². The third-order valence-corrected chi connectivity index (χ3v) is 3.91. The third kappa shape index (κ3) is 4.08. The smallest absolute Gasteiger partial charge is 0.134 e. The van der Waals surface area contributed by atoms with Gasteiger partial charge < -0.3 is 9.73 Å². The Kier molecular flexibility index (Phi) is 5.43. The molecule has 21 heavy (non-hydrogen) atoms. The van der Waals surface area contributed by atoms with E-state index < -0.39 is 0 Å². The zero-order chi connectivity index (χ0) is 15.4. The lowest BCUT2D eigenvalue weighted by Gasteiger charge is -2.21. The van der Waals surface area contributed by atoms with Crippen LogP contribution < -0.4 is 5.32 Å². The molecule has 3 nitrogen and oxygen atoms in total. The van der Waals surface area contributed by atoms with Gasteiger partial charge in [-0.05, 0) is 39.4 Å². The Morgan fingerprint density at radius 2 is 1.86 bits per heavy atom. The van der Waals surface area contributed by atoms with Gasteiger partial charge >= 0.3 is 0 Å². The SMILES string of the molecule is CC(C)CNCc1oc2ccccc2c1CN(C)C(C)C. The van der Waals surface area contributed by atoms with Crippen LogP contribution in [-0.2, 0) is 13.1 Å². The summed E-state index contributed by atoms with van der Waals surface area (Å²) >= 11 is 0. The molecule has 0 spiro atoms. The first kappa shape index (κ1) is 16.1. The Hall–Kier alpha value is -1.32. The van der Waals surface area contributed by atoms with Gasteiger partial charge in [-0.15, -0.1) is 0 Å². The Bertz CT molecular complexity index is 572. The summed E-state index contributed by atoms with van der Waals surface area (Å²) < 4.78 is 6.07. The molecule has 0 unspecified atom stereocenters. The summed E-state index contributed by atoms with van der Waals surface area (Å²) in [6, 6.07) is 8.86. The number of hydrogen-bond acceptors (Lipinski definition) is 3. The van der Waals surface area contributed by atoms with Crippen LogP contribution >= 0.6 is 0 Å². The minimum Gasteiger partial charge on any atom is -0.459 e. The van der Waals surface area contributed by atoms with Gasteiger partial charge in [0.15, 0.2) is 0 Å². The van der Waals surface area contributed by atoms with Gasteiger partial charge in [0.25, 0.3) is 0 Å². The summed E-state index contributed by atoms with van der Waals surface area (Å²) in [5.74, 6) is 1.72. The fourth-order valence-electron chi connectivity index (χ4n) is 2.37. The van der Waals surface area contributed by atoms with E-state index in [-0.39, 0.29) is 0 Å². The summed E-state index contributed by atoms with van der Waals surface area (Å²) in [6.45, 7) is 11.6. The van der Waals surface area contributed by atoms with Gasteiger partial charge in [-0.2, -0.15) is 0 Å². The van der Waals surface area contributed by atoms with Crippen LogP contribution in [0.15, 0.2) is 28.7 Å². The Labute approximate surface area is 128 Å². The molecule has 0 bridgehead atoms. The molecule has 0 atom stereocenters. The molecular formula is C18H28N2O. The fourth-order valence-corrected chi connectivity index (χ4v) is 2.37. The van der Waals surface area contributed by atoms with Crippen molar-refractivity contribution in [1.82, 2.24) is 10.2 Å². The maximum absolute atomic E-state index is 6.07. The molecule has 0 amide bonds. The van der Waals surface area contributed by atoms with Gasteiger partial charge in [-0.25, -0.2) is 0 Å². The number of hydrogen-bond donors (Lipinski definition) is 1. The lowest BCUT2D eigenvalue weighted by molar-refractivity contribution is 0.264. The Morgan fingerprint density at radius 3 is 2.52 bits per heavy atom. The highest BCUT2D eigenvalue weighted by atomic mass is 16.3. The molecule has 0 radical (unpaired) electrons. The van der Waals surface area contributed by atoms with Gasteiger partial charge in [0.1, 0.15) is 11.3 Å². The normalized spacial score (nSPS) is 12.2. The van der Waals surface area contributed by atoms with Gasteiger partial charge in [-0.1, -0.05) is 32.0 Å². The minimum absolute atomic E-state index is 0.523. The summed E-state index contributed by atoms with van der Waals surface area (Å²) in [4.78, 5) is 2.35. The zero-order valence-corrected chi connectivity index (χ0v) is 13.9. The summed E-state index contributed by atoms with van der Waals surface area (Å²) in [5.41, 5.74) is 2.31. The second kappa shape index (κ2) is 7.10. The van der Waals surface area contributed by atoms with Gasteiger partial charge in [0.05, 0.1) is 6.54 Å². The predicted molar refractivity (Wildman–Crippen MR) is 89.4 cm³/mol. The Balaban J connectivity index is 2.25. The van der Waals surface area contributed by atoms with Crippen LogP contribution in [0.3, 0.4) is 0 Å². The first-order valence-corrected chi connectivity index (χ1v) is 7.89. The Morgan fingerprint density at radius 1 is 1.14 bits per heavy atom. The van der Waals surface area contributed by atoms with Crippen molar-refractivity contribution >= 4 is 11.0 Å². The topological polar surface area (TPSA) is 28.4 Å². The van der Waals surface area contributed by atoms with E-state index in [4.69, 9.17) is 4.42 Å². The van der Waals surface area contributed by atoms with E-state index >= 15 is 0 Å². The van der Waals surface area contributed by atoms with Crippen LogP contribution in [0.5, 0.6) is 0 Å². The van der Waals surface area contributed by atoms with Crippen LogP contribution in [0, 0.1) is 5.92 Å². The highest BCUT2D eigenvalue weighted by Crippen LogP contribution is 2.27. The van der Waals surface area contributed by atoms with Crippen LogP contribution in [0.2, 0.25) is 0 Å². The molecule has 1 aromatic carbocycles. The number of nitrogens with zero attached hydrogens (tertiary/aromatic N) is 1. The molecule has 2 rings (SSSR count). The van der Waals surface area contributed by atoms with E-state index in [0.717, 1.165) is 31.0 Å². The van der Waals surface area contributed by atoms with Crippen molar-refractivity contribution < 1.29 is 4.42 Å². The first-order chi connectivity index (χ1) is 9.99. The van der Waals surface area contributed by atoms with Gasteiger partial charge in [0, 0.05) is 23.5 Å². The summed E-state index contributed by atoms with van der Waals surface area (Å²) in [7, 11) is 2.16. The summed E-state index contributed by atoms with van der Waals surface area (Å²) in [6.07, 6.45) is 0. The lowest BCUT2D eigenvalue weighted by atomic mass is 10.1. The molecule has 2 aromatic rings. The van der Waals surface area contributed by atoms with E-state index in [1.807, 2.05) is 6.07 Å².